The molecule has 1 aromatic carbocycles. The van der Waals surface area contributed by atoms with Gasteiger partial charge in [-0.05, 0) is 12.5 Å². The molecule has 0 radical (unpaired) electrons. The summed E-state index contributed by atoms with van der Waals surface area (Å²) in [6.45, 7) is 2.62. The average Bonchev–Trinajstić information content (AvgIpc) is 2.25. The molecule has 15 heavy (non-hydrogen) atoms. The predicted octanol–water partition coefficient (Wildman–Crippen LogP) is 1.60. The maximum atomic E-state index is 11.4. The molecule has 2 aromatic rings. The Morgan fingerprint density at radius 3 is 2.60 bits per heavy atom. The monoisotopic (exact) mass is 200 g/mol. The normalized spacial score (nSPS) is 10.2. The second kappa shape index (κ2) is 4.09. The van der Waals surface area contributed by atoms with Crippen molar-refractivity contribution in [2.75, 3.05) is 0 Å². The van der Waals surface area contributed by atoms with Gasteiger partial charge in [-0.1, -0.05) is 29.8 Å². The number of rotatable bonds is 2. The second-order valence-corrected chi connectivity index (χ2v) is 3.53. The Bertz CT molecular complexity index is 500. The van der Waals surface area contributed by atoms with Crippen LogP contribution in [0.4, 0.5) is 0 Å². The van der Waals surface area contributed by atoms with Crippen LogP contribution in [0.25, 0.3) is 0 Å². The van der Waals surface area contributed by atoms with Crippen molar-refractivity contribution >= 4 is 0 Å². The zero-order valence-electron chi connectivity index (χ0n) is 8.55. The van der Waals surface area contributed by atoms with E-state index in [1.807, 2.05) is 31.2 Å². The highest BCUT2D eigenvalue weighted by Crippen LogP contribution is 2.03. The molecule has 0 fully saturated rings. The van der Waals surface area contributed by atoms with E-state index in [1.165, 1.54) is 17.8 Å². The van der Waals surface area contributed by atoms with E-state index < -0.39 is 0 Å². The fraction of sp³-hybridized carbons (Fsp3) is 0.167. The Labute approximate surface area is 88.0 Å². The summed E-state index contributed by atoms with van der Waals surface area (Å²) in [7, 11) is 0. The first-order chi connectivity index (χ1) is 7.25. The van der Waals surface area contributed by atoms with Crippen LogP contribution in [-0.2, 0) is 6.54 Å². The summed E-state index contributed by atoms with van der Waals surface area (Å²) in [4.78, 5) is 15.3. The van der Waals surface area contributed by atoms with Crippen molar-refractivity contribution in [2.24, 2.45) is 0 Å². The molecule has 0 spiro atoms. The maximum Gasteiger partial charge on any atom is 0.253 e. The standard InChI is InChI=1S/C12H12N2O/c1-10-2-4-11(5-3-10)8-14-9-13-7-6-12(14)15/h2-7,9H,8H2,1H3. The molecular formula is C12H12N2O. The topological polar surface area (TPSA) is 34.9 Å². The van der Waals surface area contributed by atoms with E-state index in [-0.39, 0.29) is 5.56 Å². The number of nitrogens with zero attached hydrogens (tertiary/aromatic N) is 2. The highest BCUT2D eigenvalue weighted by atomic mass is 16.1. The summed E-state index contributed by atoms with van der Waals surface area (Å²) in [5.74, 6) is 0. The summed E-state index contributed by atoms with van der Waals surface area (Å²) in [6, 6.07) is 9.59. The molecule has 0 N–H and O–H groups in total. The average molecular weight is 200 g/mol. The minimum atomic E-state index is -0.0226. The third-order valence-electron chi connectivity index (χ3n) is 2.27. The number of aryl methyl sites for hydroxylation is 1. The van der Waals surface area contributed by atoms with Crippen molar-refractivity contribution in [1.82, 2.24) is 9.55 Å². The Morgan fingerprint density at radius 2 is 1.93 bits per heavy atom. The highest BCUT2D eigenvalue weighted by molar-refractivity contribution is 5.21. The molecule has 0 aliphatic rings. The first kappa shape index (κ1) is 9.65. The molecule has 2 rings (SSSR count). The Hall–Kier alpha value is -1.90. The molecule has 1 heterocycles. The zero-order chi connectivity index (χ0) is 10.7. The number of benzene rings is 1. The van der Waals surface area contributed by atoms with Gasteiger partial charge in [0.1, 0.15) is 0 Å². The summed E-state index contributed by atoms with van der Waals surface area (Å²) in [5.41, 5.74) is 2.30. The van der Waals surface area contributed by atoms with Crippen LogP contribution in [0.1, 0.15) is 11.1 Å². The van der Waals surface area contributed by atoms with Crippen LogP contribution in [0.15, 0.2) is 47.7 Å². The van der Waals surface area contributed by atoms with Gasteiger partial charge in [0.25, 0.3) is 5.56 Å². The predicted molar refractivity (Wildman–Crippen MR) is 58.8 cm³/mol. The summed E-state index contributed by atoms with van der Waals surface area (Å²) < 4.78 is 1.59. The van der Waals surface area contributed by atoms with Gasteiger partial charge in [0, 0.05) is 12.3 Å². The molecule has 0 atom stereocenters. The Morgan fingerprint density at radius 1 is 1.20 bits per heavy atom. The molecule has 0 unspecified atom stereocenters. The molecule has 1 aromatic heterocycles. The van der Waals surface area contributed by atoms with Gasteiger partial charge >= 0.3 is 0 Å². The first-order valence-electron chi connectivity index (χ1n) is 4.82. The maximum absolute atomic E-state index is 11.4. The molecule has 76 valence electrons. The highest BCUT2D eigenvalue weighted by Gasteiger charge is 1.96. The van der Waals surface area contributed by atoms with Gasteiger partial charge in [-0.2, -0.15) is 0 Å². The molecule has 0 saturated carbocycles. The van der Waals surface area contributed by atoms with Crippen molar-refractivity contribution < 1.29 is 0 Å². The lowest BCUT2D eigenvalue weighted by Crippen LogP contribution is -2.19. The minimum absolute atomic E-state index is 0.0226. The van der Waals surface area contributed by atoms with E-state index in [1.54, 1.807) is 10.9 Å². The van der Waals surface area contributed by atoms with Crippen LogP contribution in [-0.4, -0.2) is 9.55 Å². The van der Waals surface area contributed by atoms with Crippen molar-refractivity contribution in [1.29, 1.82) is 0 Å². The Kier molecular flexibility index (Phi) is 2.63. The molecule has 0 saturated heterocycles. The second-order valence-electron chi connectivity index (χ2n) is 3.53. The van der Waals surface area contributed by atoms with Crippen LogP contribution < -0.4 is 5.56 Å². The molecule has 0 amide bonds. The summed E-state index contributed by atoms with van der Waals surface area (Å²) in [6.07, 6.45) is 3.07. The van der Waals surface area contributed by atoms with Gasteiger partial charge in [-0.3, -0.25) is 9.36 Å². The van der Waals surface area contributed by atoms with Crippen LogP contribution in [0.5, 0.6) is 0 Å². The fourth-order valence-electron chi connectivity index (χ4n) is 1.39. The van der Waals surface area contributed by atoms with E-state index in [0.717, 1.165) is 5.56 Å². The van der Waals surface area contributed by atoms with Gasteiger partial charge in [0.05, 0.1) is 12.9 Å². The van der Waals surface area contributed by atoms with Crippen LogP contribution in [0, 0.1) is 6.92 Å². The smallest absolute Gasteiger partial charge is 0.253 e. The van der Waals surface area contributed by atoms with Crippen molar-refractivity contribution in [3.05, 3.63) is 64.3 Å². The van der Waals surface area contributed by atoms with Gasteiger partial charge in [-0.25, -0.2) is 4.98 Å². The van der Waals surface area contributed by atoms with E-state index in [9.17, 15) is 4.79 Å². The number of aromatic nitrogens is 2. The molecule has 0 aliphatic heterocycles. The van der Waals surface area contributed by atoms with E-state index in [4.69, 9.17) is 0 Å². The lowest BCUT2D eigenvalue weighted by Gasteiger charge is -2.04. The van der Waals surface area contributed by atoms with Crippen LogP contribution in [0.2, 0.25) is 0 Å². The quantitative estimate of drug-likeness (QED) is 0.738. The molecule has 0 aliphatic carbocycles. The first-order valence-corrected chi connectivity index (χ1v) is 4.82. The third-order valence-corrected chi connectivity index (χ3v) is 2.27. The van der Waals surface area contributed by atoms with Crippen molar-refractivity contribution in [3.8, 4) is 0 Å². The van der Waals surface area contributed by atoms with Gasteiger partial charge in [-0.15, -0.1) is 0 Å². The van der Waals surface area contributed by atoms with Gasteiger partial charge in [0.2, 0.25) is 0 Å². The number of hydrogen-bond acceptors (Lipinski definition) is 2. The van der Waals surface area contributed by atoms with E-state index in [0.29, 0.717) is 6.54 Å². The van der Waals surface area contributed by atoms with E-state index in [2.05, 4.69) is 4.98 Å². The lowest BCUT2D eigenvalue weighted by atomic mass is 10.1. The Balaban J connectivity index is 2.26. The number of hydrogen-bond donors (Lipinski definition) is 0. The summed E-state index contributed by atoms with van der Waals surface area (Å²) >= 11 is 0. The fourth-order valence-corrected chi connectivity index (χ4v) is 1.39. The SMILES string of the molecule is Cc1ccc(Cn2cnccc2=O)cc1. The zero-order valence-corrected chi connectivity index (χ0v) is 8.55. The van der Waals surface area contributed by atoms with Gasteiger partial charge < -0.3 is 0 Å². The van der Waals surface area contributed by atoms with Crippen LogP contribution in [0.3, 0.4) is 0 Å². The minimum Gasteiger partial charge on any atom is -0.295 e. The summed E-state index contributed by atoms with van der Waals surface area (Å²) in [5, 5.41) is 0. The third kappa shape index (κ3) is 2.31. The molecule has 3 nitrogen and oxygen atoms in total. The van der Waals surface area contributed by atoms with Gasteiger partial charge in [0.15, 0.2) is 0 Å². The van der Waals surface area contributed by atoms with E-state index >= 15 is 0 Å². The molecular weight excluding hydrogens is 188 g/mol. The molecule has 0 bridgehead atoms. The molecule has 3 heteroatoms. The largest absolute Gasteiger partial charge is 0.295 e. The van der Waals surface area contributed by atoms with Crippen LogP contribution >= 0.6 is 0 Å². The van der Waals surface area contributed by atoms with Crippen molar-refractivity contribution in [2.45, 2.75) is 13.5 Å². The lowest BCUT2D eigenvalue weighted by molar-refractivity contribution is 0.736. The van der Waals surface area contributed by atoms with Crippen molar-refractivity contribution in [3.63, 3.8) is 0 Å².